The van der Waals surface area contributed by atoms with E-state index in [1.165, 1.54) is 36.9 Å². The van der Waals surface area contributed by atoms with E-state index in [0.717, 1.165) is 9.93 Å². The zero-order chi connectivity index (χ0) is 25.0. The van der Waals surface area contributed by atoms with Gasteiger partial charge in [-0.2, -0.15) is 0 Å². The van der Waals surface area contributed by atoms with Crippen molar-refractivity contribution in [2.45, 2.75) is 6.73 Å². The van der Waals surface area contributed by atoms with Crippen LogP contribution in [-0.4, -0.2) is 52.8 Å². The van der Waals surface area contributed by atoms with Crippen LogP contribution in [0.4, 0.5) is 16.8 Å². The molecular weight excluding hydrogens is 492 g/mol. The van der Waals surface area contributed by atoms with Crippen LogP contribution < -0.4 is 10.1 Å². The van der Waals surface area contributed by atoms with Gasteiger partial charge in [0.1, 0.15) is 12.5 Å². The van der Waals surface area contributed by atoms with Crippen molar-refractivity contribution in [1.82, 2.24) is 19.5 Å². The molecule has 0 aliphatic rings. The molecule has 0 bridgehead atoms. The summed E-state index contributed by atoms with van der Waals surface area (Å²) in [5.41, 5.74) is 0.502. The number of nitrogens with one attached hydrogen (secondary N) is 1. The molecule has 35 heavy (non-hydrogen) atoms. The number of anilines is 2. The first-order valence-electron chi connectivity index (χ1n) is 9.99. The lowest BCUT2D eigenvalue weighted by Crippen LogP contribution is -2.14. The quantitative estimate of drug-likeness (QED) is 0.367. The minimum atomic E-state index is -0.479. The SMILES string of the molecule is COC(=O)c1cccc(Nc2nccs2)n1.COCn1ccsc1=Nc1cccc(C(=O)OC)n1. The lowest BCUT2D eigenvalue weighted by Gasteiger charge is -2.03. The predicted molar refractivity (Wildman–Crippen MR) is 131 cm³/mol. The lowest BCUT2D eigenvalue weighted by molar-refractivity contribution is 0.0585. The number of pyridine rings is 2. The first-order valence-corrected chi connectivity index (χ1v) is 11.7. The van der Waals surface area contributed by atoms with E-state index in [0.29, 0.717) is 18.4 Å². The molecule has 0 aliphatic heterocycles. The average molecular weight is 515 g/mol. The predicted octanol–water partition coefficient (Wildman–Crippen LogP) is 3.64. The monoisotopic (exact) mass is 514 g/mol. The first kappa shape index (κ1) is 25.7. The highest BCUT2D eigenvalue weighted by molar-refractivity contribution is 7.13. The molecule has 0 saturated carbocycles. The van der Waals surface area contributed by atoms with E-state index >= 15 is 0 Å². The summed E-state index contributed by atoms with van der Waals surface area (Å²) < 4.78 is 16.1. The third-order valence-corrected chi connectivity index (χ3v) is 5.56. The first-order chi connectivity index (χ1) is 17.0. The van der Waals surface area contributed by atoms with Gasteiger partial charge in [0.25, 0.3) is 0 Å². The summed E-state index contributed by atoms with van der Waals surface area (Å²) in [6, 6.07) is 10.1. The highest BCUT2D eigenvalue weighted by Gasteiger charge is 2.08. The maximum absolute atomic E-state index is 11.4. The zero-order valence-electron chi connectivity index (χ0n) is 19.1. The van der Waals surface area contributed by atoms with Gasteiger partial charge in [0.05, 0.1) is 14.2 Å². The fourth-order valence-electron chi connectivity index (χ4n) is 2.54. The van der Waals surface area contributed by atoms with Crippen molar-refractivity contribution in [2.75, 3.05) is 26.6 Å². The van der Waals surface area contributed by atoms with E-state index in [9.17, 15) is 9.59 Å². The number of nitrogens with zero attached hydrogens (tertiary/aromatic N) is 5. The Kier molecular flexibility index (Phi) is 9.59. The average Bonchev–Trinajstić information content (AvgIpc) is 3.56. The number of methoxy groups -OCH3 is 3. The molecule has 4 aromatic heterocycles. The molecule has 0 aromatic carbocycles. The molecule has 1 N–H and O–H groups in total. The number of hydrogen-bond acceptors (Lipinski definition) is 12. The van der Waals surface area contributed by atoms with E-state index in [1.807, 2.05) is 21.5 Å². The third kappa shape index (κ3) is 7.53. The number of rotatable bonds is 7. The summed E-state index contributed by atoms with van der Waals surface area (Å²) in [6.45, 7) is 0.416. The van der Waals surface area contributed by atoms with Crippen LogP contribution in [0, 0.1) is 0 Å². The van der Waals surface area contributed by atoms with E-state index in [1.54, 1.807) is 49.7 Å². The molecular formula is C22H22N6O5S2. The second-order valence-electron chi connectivity index (χ2n) is 6.42. The van der Waals surface area contributed by atoms with Gasteiger partial charge in [0, 0.05) is 30.3 Å². The molecule has 13 heteroatoms. The molecule has 4 aromatic rings. The molecule has 0 atom stereocenters. The van der Waals surface area contributed by atoms with Crippen LogP contribution in [0.2, 0.25) is 0 Å². The second kappa shape index (κ2) is 13.1. The smallest absolute Gasteiger partial charge is 0.356 e. The maximum Gasteiger partial charge on any atom is 0.356 e. The van der Waals surface area contributed by atoms with E-state index < -0.39 is 11.9 Å². The number of thiazole rings is 2. The zero-order valence-corrected chi connectivity index (χ0v) is 20.7. The summed E-state index contributed by atoms with van der Waals surface area (Å²) in [5, 5.41) is 7.48. The molecule has 4 rings (SSSR count). The van der Waals surface area contributed by atoms with Crippen LogP contribution in [0.1, 0.15) is 21.0 Å². The molecule has 0 amide bonds. The molecule has 0 fully saturated rings. The Balaban J connectivity index is 0.000000198. The minimum Gasteiger partial charge on any atom is -0.464 e. The van der Waals surface area contributed by atoms with Crippen LogP contribution in [-0.2, 0) is 20.9 Å². The van der Waals surface area contributed by atoms with Crippen molar-refractivity contribution in [1.29, 1.82) is 0 Å². The van der Waals surface area contributed by atoms with Crippen molar-refractivity contribution >= 4 is 51.4 Å². The normalized spacial score (nSPS) is 10.8. The van der Waals surface area contributed by atoms with Gasteiger partial charge in [-0.1, -0.05) is 12.1 Å². The van der Waals surface area contributed by atoms with E-state index in [4.69, 9.17) is 4.74 Å². The third-order valence-electron chi connectivity index (χ3n) is 4.08. The summed E-state index contributed by atoms with van der Waals surface area (Å²) in [5.74, 6) is 0.0869. The summed E-state index contributed by atoms with van der Waals surface area (Å²) in [4.78, 5) is 40.0. The van der Waals surface area contributed by atoms with Crippen molar-refractivity contribution in [2.24, 2.45) is 4.99 Å². The second-order valence-corrected chi connectivity index (χ2v) is 8.19. The number of carbonyl (C=O) groups is 2. The summed E-state index contributed by atoms with van der Waals surface area (Å²) in [7, 11) is 4.26. The largest absolute Gasteiger partial charge is 0.464 e. The van der Waals surface area contributed by atoms with Gasteiger partial charge in [-0.25, -0.2) is 29.5 Å². The fourth-order valence-corrected chi connectivity index (χ4v) is 3.80. The van der Waals surface area contributed by atoms with Gasteiger partial charge >= 0.3 is 11.9 Å². The molecule has 0 radical (unpaired) electrons. The number of aromatic nitrogens is 4. The molecule has 11 nitrogen and oxygen atoms in total. The van der Waals surface area contributed by atoms with Gasteiger partial charge in [-0.05, 0) is 24.3 Å². The van der Waals surface area contributed by atoms with Crippen molar-refractivity contribution < 1.29 is 23.8 Å². The maximum atomic E-state index is 11.4. The number of carbonyl (C=O) groups excluding carboxylic acids is 2. The Morgan fingerprint density at radius 1 is 0.971 bits per heavy atom. The van der Waals surface area contributed by atoms with Gasteiger partial charge < -0.3 is 19.5 Å². The lowest BCUT2D eigenvalue weighted by atomic mass is 10.3. The van der Waals surface area contributed by atoms with Gasteiger partial charge in [0.15, 0.2) is 27.1 Å². The number of ether oxygens (including phenoxy) is 3. The molecule has 182 valence electrons. The van der Waals surface area contributed by atoms with Crippen molar-refractivity contribution in [3.8, 4) is 0 Å². The number of hydrogen-bond donors (Lipinski definition) is 1. The molecule has 0 unspecified atom stereocenters. The van der Waals surface area contributed by atoms with Crippen LogP contribution >= 0.6 is 22.7 Å². The van der Waals surface area contributed by atoms with Crippen LogP contribution in [0.3, 0.4) is 0 Å². The summed E-state index contributed by atoms with van der Waals surface area (Å²) in [6.07, 6.45) is 3.56. The molecule has 0 spiro atoms. The van der Waals surface area contributed by atoms with Crippen molar-refractivity contribution in [3.63, 3.8) is 0 Å². The Hall–Kier alpha value is -3.94. The fraction of sp³-hybridized carbons (Fsp3) is 0.182. The Bertz CT molecular complexity index is 1320. The van der Waals surface area contributed by atoms with E-state index in [2.05, 4.69) is 34.7 Å². The van der Waals surface area contributed by atoms with Crippen LogP contribution in [0.5, 0.6) is 0 Å². The highest BCUT2D eigenvalue weighted by atomic mass is 32.1. The topological polar surface area (TPSA) is 130 Å². The van der Waals surface area contributed by atoms with Crippen LogP contribution in [0.15, 0.2) is 64.5 Å². The molecule has 0 saturated heterocycles. The Labute approximate surface area is 208 Å². The minimum absolute atomic E-state index is 0.235. The standard InChI is InChI=1S/C12H13N3O3S.C10H9N3O2S/c1-17-8-15-6-7-19-12(15)14-10-5-3-4-9(13-10)11(16)18-2;1-15-9(14)7-3-2-4-8(12-7)13-10-11-5-6-16-10/h3-7H,8H2,1-2H3;2-6H,1H3,(H,11,12,13). The summed E-state index contributed by atoms with van der Waals surface area (Å²) >= 11 is 2.92. The Morgan fingerprint density at radius 3 is 2.34 bits per heavy atom. The van der Waals surface area contributed by atoms with Crippen LogP contribution in [0.25, 0.3) is 0 Å². The van der Waals surface area contributed by atoms with Gasteiger partial charge in [-0.3, -0.25) is 4.57 Å². The molecule has 4 heterocycles. The molecule has 0 aliphatic carbocycles. The number of esters is 2. The van der Waals surface area contributed by atoms with E-state index in [-0.39, 0.29) is 11.4 Å². The van der Waals surface area contributed by atoms with Gasteiger partial charge in [-0.15, -0.1) is 22.7 Å². The Morgan fingerprint density at radius 2 is 1.69 bits per heavy atom. The van der Waals surface area contributed by atoms with Gasteiger partial charge in [0.2, 0.25) is 0 Å². The highest BCUT2D eigenvalue weighted by Crippen LogP contribution is 2.17. The van der Waals surface area contributed by atoms with Crippen molar-refractivity contribution in [3.05, 3.63) is 75.7 Å².